The second-order valence-electron chi connectivity index (χ2n) is 4.74. The van der Waals surface area contributed by atoms with Gasteiger partial charge in [-0.3, -0.25) is 9.78 Å². The van der Waals surface area contributed by atoms with Gasteiger partial charge in [0.2, 0.25) is 0 Å². The van der Waals surface area contributed by atoms with Crippen LogP contribution in [0.25, 0.3) is 0 Å². The molecule has 0 saturated heterocycles. The maximum atomic E-state index is 11.7. The zero-order valence-corrected chi connectivity index (χ0v) is 17.8. The molecule has 12 heteroatoms. The second-order valence-corrected chi connectivity index (χ2v) is 5.59. The zero-order chi connectivity index (χ0) is 21.7. The van der Waals surface area contributed by atoms with Crippen LogP contribution in [0.3, 0.4) is 0 Å². The summed E-state index contributed by atoms with van der Waals surface area (Å²) in [6.45, 7) is 1.94. The van der Waals surface area contributed by atoms with Crippen molar-refractivity contribution >= 4 is 47.3 Å². The molecule has 0 atom stereocenters. The van der Waals surface area contributed by atoms with Crippen LogP contribution in [0.2, 0.25) is 10.0 Å². The first kappa shape index (κ1) is 28.6. The molecule has 0 bridgehead atoms. The summed E-state index contributed by atoms with van der Waals surface area (Å²) in [6, 6.07) is 5.99. The maximum Gasteiger partial charge on any atom is 2.00 e. The van der Waals surface area contributed by atoms with Gasteiger partial charge in [-0.05, 0) is 38.1 Å². The summed E-state index contributed by atoms with van der Waals surface area (Å²) < 4.78 is 0. The summed E-state index contributed by atoms with van der Waals surface area (Å²) in [5.41, 5.74) is 3.04. The molecule has 1 heterocycles. The summed E-state index contributed by atoms with van der Waals surface area (Å²) in [7, 11) is 0. The molecule has 0 saturated carbocycles. The fraction of sp³-hybridized carbons (Fsp3) is 0.118. The largest absolute Gasteiger partial charge is 2.00 e. The number of carbonyl (C=O) groups excluding carboxylic acids is 3. The SMILES string of the molecule is CC(=O)[O-].CC(=O)[O-].O=C(N/N=C/c1cc(Cl)cc(Cl)c1O)c1ccncc1.[Mn+2]. The van der Waals surface area contributed by atoms with E-state index in [1.807, 2.05) is 0 Å². The number of benzene rings is 1. The molecule has 1 aromatic carbocycles. The molecule has 2 rings (SSSR count). The van der Waals surface area contributed by atoms with Gasteiger partial charge >= 0.3 is 17.1 Å². The predicted octanol–water partition coefficient (Wildman–Crippen LogP) is 0.368. The average Bonchev–Trinajstić information content (AvgIpc) is 2.58. The third-order valence-electron chi connectivity index (χ3n) is 2.37. The second kappa shape index (κ2) is 15.3. The Labute approximate surface area is 186 Å². The van der Waals surface area contributed by atoms with Crippen molar-refractivity contribution in [3.63, 3.8) is 0 Å². The Morgan fingerprint density at radius 3 is 2.07 bits per heavy atom. The first-order valence-corrected chi connectivity index (χ1v) is 8.06. The molecular weight excluding hydrogens is 468 g/mol. The number of rotatable bonds is 3. The number of halogens is 2. The van der Waals surface area contributed by atoms with E-state index < -0.39 is 17.8 Å². The molecule has 0 fully saturated rings. The number of phenolic OH excluding ortho intramolecular Hbond substituents is 1. The van der Waals surface area contributed by atoms with Crippen LogP contribution >= 0.6 is 23.2 Å². The number of nitrogens with zero attached hydrogens (tertiary/aromatic N) is 2. The maximum absolute atomic E-state index is 11.7. The van der Waals surface area contributed by atoms with E-state index in [1.165, 1.54) is 30.7 Å². The summed E-state index contributed by atoms with van der Waals surface area (Å²) in [5.74, 6) is -2.71. The van der Waals surface area contributed by atoms with Crippen LogP contribution in [0.4, 0.5) is 0 Å². The Hall–Kier alpha value is -2.65. The number of nitrogens with one attached hydrogen (secondary N) is 1. The number of pyridine rings is 1. The number of carbonyl (C=O) groups is 3. The number of aliphatic carboxylic acids is 2. The third kappa shape index (κ3) is 14.1. The monoisotopic (exact) mass is 482 g/mol. The quantitative estimate of drug-likeness (QED) is 0.363. The van der Waals surface area contributed by atoms with E-state index in [1.54, 1.807) is 12.1 Å². The zero-order valence-electron chi connectivity index (χ0n) is 15.1. The van der Waals surface area contributed by atoms with Gasteiger partial charge in [0.1, 0.15) is 5.75 Å². The Morgan fingerprint density at radius 2 is 1.59 bits per heavy atom. The van der Waals surface area contributed by atoms with Gasteiger partial charge in [0.15, 0.2) is 0 Å². The number of phenols is 1. The number of carboxylic acid groups (broad SMARTS) is 2. The van der Waals surface area contributed by atoms with Crippen molar-refractivity contribution in [2.24, 2.45) is 5.10 Å². The Morgan fingerprint density at radius 1 is 1.10 bits per heavy atom. The first-order valence-electron chi connectivity index (χ1n) is 7.31. The molecule has 29 heavy (non-hydrogen) atoms. The summed E-state index contributed by atoms with van der Waals surface area (Å²) in [5, 5.41) is 31.7. The van der Waals surface area contributed by atoms with Crippen LogP contribution < -0.4 is 15.6 Å². The van der Waals surface area contributed by atoms with Gasteiger partial charge in [-0.15, -0.1) is 0 Å². The van der Waals surface area contributed by atoms with E-state index in [4.69, 9.17) is 43.0 Å². The molecule has 0 spiro atoms. The first-order chi connectivity index (χ1) is 13.0. The molecule has 1 aromatic heterocycles. The van der Waals surface area contributed by atoms with Gasteiger partial charge in [0.05, 0.1) is 11.2 Å². The van der Waals surface area contributed by atoms with Gasteiger partial charge in [-0.1, -0.05) is 23.2 Å². The van der Waals surface area contributed by atoms with Gasteiger partial charge < -0.3 is 24.9 Å². The van der Waals surface area contributed by atoms with Crippen LogP contribution in [0.15, 0.2) is 41.8 Å². The van der Waals surface area contributed by atoms with Crippen LogP contribution in [0.1, 0.15) is 29.8 Å². The van der Waals surface area contributed by atoms with Crippen molar-refractivity contribution in [1.29, 1.82) is 0 Å². The minimum atomic E-state index is -1.08. The molecule has 0 aliphatic rings. The smallest absolute Gasteiger partial charge is 0.550 e. The molecule has 2 aromatic rings. The normalized spacial score (nSPS) is 9.10. The number of hydrazone groups is 1. The Balaban J connectivity index is 0. The van der Waals surface area contributed by atoms with E-state index in [-0.39, 0.29) is 27.8 Å². The number of amides is 1. The van der Waals surface area contributed by atoms with Crippen molar-refractivity contribution in [1.82, 2.24) is 10.4 Å². The number of aromatic hydroxyl groups is 1. The Kier molecular flexibility index (Phi) is 15.1. The molecule has 1 amide bonds. The summed E-state index contributed by atoms with van der Waals surface area (Å²) >= 11 is 11.6. The predicted molar refractivity (Wildman–Crippen MR) is 98.8 cm³/mol. The van der Waals surface area contributed by atoms with Crippen molar-refractivity contribution in [2.45, 2.75) is 13.8 Å². The minimum absolute atomic E-state index is 0. The van der Waals surface area contributed by atoms with Crippen LogP contribution in [0.5, 0.6) is 5.75 Å². The number of aromatic nitrogens is 1. The molecule has 0 aliphatic heterocycles. The third-order valence-corrected chi connectivity index (χ3v) is 2.88. The Bertz CT molecular complexity index is 831. The molecule has 155 valence electrons. The number of hydrogen-bond donors (Lipinski definition) is 2. The van der Waals surface area contributed by atoms with Crippen molar-refractivity contribution in [3.8, 4) is 5.75 Å². The van der Waals surface area contributed by atoms with Crippen molar-refractivity contribution in [3.05, 3.63) is 57.8 Å². The van der Waals surface area contributed by atoms with Gasteiger partial charge in [0, 0.05) is 40.5 Å². The standard InChI is InChI=1S/C13H9Cl2N3O2.2C2H4O2.Mn/c14-10-5-9(12(19)11(15)6-10)7-17-18-13(20)8-1-3-16-4-2-8;2*1-2(3)4;/h1-7,19H,(H,18,20);2*1H3,(H,3,4);/q;;;+2/p-2/b17-7+;;;. The van der Waals surface area contributed by atoms with Gasteiger partial charge in [-0.25, -0.2) is 5.43 Å². The number of carboxylic acids is 2. The molecule has 9 nitrogen and oxygen atoms in total. The van der Waals surface area contributed by atoms with Gasteiger partial charge in [-0.2, -0.15) is 5.10 Å². The molecule has 0 aliphatic carbocycles. The summed E-state index contributed by atoms with van der Waals surface area (Å²) in [4.78, 5) is 33.3. The molecular formula is C17H15Cl2MnN3O6. The van der Waals surface area contributed by atoms with Crippen molar-refractivity contribution in [2.75, 3.05) is 0 Å². The molecule has 0 unspecified atom stereocenters. The van der Waals surface area contributed by atoms with Crippen molar-refractivity contribution < 1.29 is 46.8 Å². The minimum Gasteiger partial charge on any atom is -0.550 e. The van der Waals surface area contributed by atoms with E-state index in [2.05, 4.69) is 15.5 Å². The summed E-state index contributed by atoms with van der Waals surface area (Å²) in [6.07, 6.45) is 4.26. The molecule has 2 N–H and O–H groups in total. The fourth-order valence-electron chi connectivity index (χ4n) is 1.41. The topological polar surface area (TPSA) is 155 Å². The van der Waals surface area contributed by atoms with E-state index in [9.17, 15) is 9.90 Å². The van der Waals surface area contributed by atoms with E-state index in [0.717, 1.165) is 13.8 Å². The van der Waals surface area contributed by atoms with Crippen LogP contribution in [-0.2, 0) is 26.7 Å². The van der Waals surface area contributed by atoms with Crippen LogP contribution in [0, 0.1) is 0 Å². The van der Waals surface area contributed by atoms with E-state index >= 15 is 0 Å². The fourth-order valence-corrected chi connectivity index (χ4v) is 1.92. The van der Waals surface area contributed by atoms with Gasteiger partial charge in [0.25, 0.3) is 5.91 Å². The van der Waals surface area contributed by atoms with E-state index in [0.29, 0.717) is 16.1 Å². The van der Waals surface area contributed by atoms with Crippen LogP contribution in [-0.4, -0.2) is 34.2 Å². The number of hydrogen-bond acceptors (Lipinski definition) is 8. The molecule has 1 radical (unpaired) electrons. The average molecular weight is 483 g/mol.